The van der Waals surface area contributed by atoms with Crippen molar-refractivity contribution in [2.45, 2.75) is 0 Å². The fourth-order valence-electron chi connectivity index (χ4n) is 2.38. The van der Waals surface area contributed by atoms with Crippen molar-refractivity contribution in [3.63, 3.8) is 0 Å². The molecular weight excluding hydrogens is 442 g/mol. The number of hydrogen-bond acceptors (Lipinski definition) is 6. The first-order chi connectivity index (χ1) is 14.1. The number of nitrogens with one attached hydrogen (secondary N) is 2. The fraction of sp³-hybridized carbons (Fsp3) is 0.150. The summed E-state index contributed by atoms with van der Waals surface area (Å²) in [6, 6.07) is 10.1. The van der Waals surface area contributed by atoms with E-state index in [-0.39, 0.29) is 19.9 Å². The number of halogens is 1. The minimum absolute atomic E-state index is 0.112. The van der Waals surface area contributed by atoms with Crippen LogP contribution in [0, 0.1) is 12.3 Å². The topological polar surface area (TPSA) is 98.2 Å². The Balaban J connectivity index is 1.52. The van der Waals surface area contributed by atoms with Crippen LogP contribution in [0.25, 0.3) is 0 Å². The van der Waals surface area contributed by atoms with Gasteiger partial charge in [0.15, 0.2) is 11.5 Å². The van der Waals surface area contributed by atoms with Gasteiger partial charge < -0.3 is 19.5 Å². The second kappa shape index (κ2) is 9.61. The summed E-state index contributed by atoms with van der Waals surface area (Å²) in [5, 5.41) is 6.40. The van der Waals surface area contributed by atoms with Crippen molar-refractivity contribution in [3.05, 3.63) is 52.0 Å². The number of amides is 2. The number of hydrazone groups is 1. The zero-order chi connectivity index (χ0) is 20.6. The molecule has 3 rings (SSSR count). The lowest BCUT2D eigenvalue weighted by Gasteiger charge is -2.07. The molecule has 29 heavy (non-hydrogen) atoms. The Bertz CT molecular complexity index is 1000. The van der Waals surface area contributed by atoms with Crippen LogP contribution in [0.4, 0.5) is 0 Å². The Morgan fingerprint density at radius 2 is 2.07 bits per heavy atom. The third-order valence-electron chi connectivity index (χ3n) is 3.72. The minimum atomic E-state index is -0.489. The first-order valence-corrected chi connectivity index (χ1v) is 9.21. The van der Waals surface area contributed by atoms with Gasteiger partial charge in [0.25, 0.3) is 11.8 Å². The summed E-state index contributed by atoms with van der Waals surface area (Å²) < 4.78 is 16.7. The van der Waals surface area contributed by atoms with E-state index in [0.717, 1.165) is 4.47 Å². The highest BCUT2D eigenvalue weighted by Gasteiger charge is 2.16. The number of terminal acetylenes is 1. The average Bonchev–Trinajstić information content (AvgIpc) is 3.19. The highest BCUT2D eigenvalue weighted by Crippen LogP contribution is 2.32. The zero-order valence-electron chi connectivity index (χ0n) is 15.1. The predicted molar refractivity (Wildman–Crippen MR) is 109 cm³/mol. The van der Waals surface area contributed by atoms with Crippen LogP contribution in [0.15, 0.2) is 46.0 Å². The molecule has 0 atom stereocenters. The van der Waals surface area contributed by atoms with Gasteiger partial charge in [-0.15, -0.1) is 6.42 Å². The van der Waals surface area contributed by atoms with E-state index in [1.807, 2.05) is 0 Å². The number of benzene rings is 2. The molecule has 0 saturated carbocycles. The van der Waals surface area contributed by atoms with Crippen molar-refractivity contribution in [1.29, 1.82) is 0 Å². The van der Waals surface area contributed by atoms with Crippen LogP contribution in [0.2, 0.25) is 0 Å². The van der Waals surface area contributed by atoms with Crippen molar-refractivity contribution in [2.75, 3.05) is 19.9 Å². The maximum Gasteiger partial charge on any atom is 0.259 e. The first kappa shape index (κ1) is 20.2. The van der Waals surface area contributed by atoms with E-state index in [4.69, 9.17) is 20.6 Å². The van der Waals surface area contributed by atoms with Gasteiger partial charge in [0, 0.05) is 15.6 Å². The standard InChI is InChI=1S/C20H16BrN3O5/c1-2-7-27-16-6-4-15(21)8-14(16)10-23-24-19(25)11-22-20(26)13-3-5-17-18(9-13)29-12-28-17/h1,3-6,8-10H,7,11-12H2,(H,22,26)(H,24,25)/b23-10+. The Hall–Kier alpha value is -3.51. The van der Waals surface area contributed by atoms with Crippen LogP contribution >= 0.6 is 15.9 Å². The minimum Gasteiger partial charge on any atom is -0.480 e. The van der Waals surface area contributed by atoms with Gasteiger partial charge in [-0.3, -0.25) is 9.59 Å². The molecule has 1 aliphatic rings. The van der Waals surface area contributed by atoms with Crippen molar-refractivity contribution >= 4 is 34.0 Å². The molecule has 148 valence electrons. The first-order valence-electron chi connectivity index (χ1n) is 8.42. The quantitative estimate of drug-likeness (QED) is 0.376. The molecule has 1 heterocycles. The third-order valence-corrected chi connectivity index (χ3v) is 4.21. The largest absolute Gasteiger partial charge is 0.480 e. The van der Waals surface area contributed by atoms with Gasteiger partial charge >= 0.3 is 0 Å². The zero-order valence-corrected chi connectivity index (χ0v) is 16.7. The molecule has 2 aromatic carbocycles. The molecule has 0 aromatic heterocycles. The summed E-state index contributed by atoms with van der Waals surface area (Å²) >= 11 is 3.36. The van der Waals surface area contributed by atoms with Gasteiger partial charge in [-0.05, 0) is 36.4 Å². The number of hydrogen-bond donors (Lipinski definition) is 2. The highest BCUT2D eigenvalue weighted by molar-refractivity contribution is 9.10. The number of ether oxygens (including phenoxy) is 3. The Labute approximate surface area is 175 Å². The molecule has 0 aliphatic carbocycles. The average molecular weight is 458 g/mol. The number of carbonyl (C=O) groups is 2. The smallest absolute Gasteiger partial charge is 0.259 e. The summed E-state index contributed by atoms with van der Waals surface area (Å²) in [6.45, 7) is -0.0153. The van der Waals surface area contributed by atoms with E-state index in [1.54, 1.807) is 36.4 Å². The Kier molecular flexibility index (Phi) is 6.71. The maximum absolute atomic E-state index is 12.2. The third kappa shape index (κ3) is 5.49. The van der Waals surface area contributed by atoms with Crippen molar-refractivity contribution in [3.8, 4) is 29.6 Å². The molecule has 0 bridgehead atoms. The van der Waals surface area contributed by atoms with E-state index >= 15 is 0 Å². The van der Waals surface area contributed by atoms with E-state index in [0.29, 0.717) is 28.4 Å². The van der Waals surface area contributed by atoms with Crippen molar-refractivity contribution < 1.29 is 23.8 Å². The van der Waals surface area contributed by atoms with E-state index in [1.165, 1.54) is 6.21 Å². The Morgan fingerprint density at radius 3 is 2.90 bits per heavy atom. The number of nitrogens with zero attached hydrogens (tertiary/aromatic N) is 1. The van der Waals surface area contributed by atoms with E-state index < -0.39 is 11.8 Å². The van der Waals surface area contributed by atoms with Crippen LogP contribution in [-0.4, -0.2) is 38.0 Å². The molecule has 2 aromatic rings. The molecule has 0 fully saturated rings. The monoisotopic (exact) mass is 457 g/mol. The van der Waals surface area contributed by atoms with Crippen LogP contribution in [0.1, 0.15) is 15.9 Å². The molecule has 0 saturated heterocycles. The van der Waals surface area contributed by atoms with Crippen LogP contribution in [0.3, 0.4) is 0 Å². The molecule has 8 nitrogen and oxygen atoms in total. The fourth-order valence-corrected chi connectivity index (χ4v) is 2.76. The summed E-state index contributed by atoms with van der Waals surface area (Å²) in [4.78, 5) is 24.1. The second-order valence-electron chi connectivity index (χ2n) is 5.72. The predicted octanol–water partition coefficient (Wildman–Crippen LogP) is 2.07. The number of carbonyl (C=O) groups excluding carboxylic acids is 2. The molecule has 9 heteroatoms. The molecule has 2 amide bonds. The lowest BCUT2D eigenvalue weighted by molar-refractivity contribution is -0.120. The number of rotatable bonds is 7. The lowest BCUT2D eigenvalue weighted by Crippen LogP contribution is -2.34. The molecular formula is C20H16BrN3O5. The summed E-state index contributed by atoms with van der Waals surface area (Å²) in [7, 11) is 0. The summed E-state index contributed by atoms with van der Waals surface area (Å²) in [5.74, 6) is 3.07. The van der Waals surface area contributed by atoms with Gasteiger partial charge in [-0.1, -0.05) is 21.9 Å². The van der Waals surface area contributed by atoms with E-state index in [2.05, 4.69) is 37.7 Å². The SMILES string of the molecule is C#CCOc1ccc(Br)cc1/C=N/NC(=O)CNC(=O)c1ccc2c(c1)OCO2. The molecule has 0 radical (unpaired) electrons. The van der Waals surface area contributed by atoms with Gasteiger partial charge in [0.05, 0.1) is 12.8 Å². The van der Waals surface area contributed by atoms with Crippen molar-refractivity contribution in [1.82, 2.24) is 10.7 Å². The summed E-state index contributed by atoms with van der Waals surface area (Å²) in [5.41, 5.74) is 3.32. The highest BCUT2D eigenvalue weighted by atomic mass is 79.9. The normalized spacial score (nSPS) is 11.7. The molecule has 1 aliphatic heterocycles. The van der Waals surface area contributed by atoms with Crippen molar-refractivity contribution in [2.24, 2.45) is 5.10 Å². The Morgan fingerprint density at radius 1 is 1.24 bits per heavy atom. The van der Waals surface area contributed by atoms with Gasteiger partial charge in [0.1, 0.15) is 12.4 Å². The van der Waals surface area contributed by atoms with Gasteiger partial charge in [-0.2, -0.15) is 5.10 Å². The van der Waals surface area contributed by atoms with Gasteiger partial charge in [-0.25, -0.2) is 5.43 Å². The maximum atomic E-state index is 12.2. The van der Waals surface area contributed by atoms with Gasteiger partial charge in [0.2, 0.25) is 6.79 Å². The second-order valence-corrected chi connectivity index (χ2v) is 6.63. The molecule has 0 spiro atoms. The summed E-state index contributed by atoms with van der Waals surface area (Å²) in [6.07, 6.45) is 6.62. The van der Waals surface area contributed by atoms with Crippen LogP contribution in [0.5, 0.6) is 17.2 Å². The lowest BCUT2D eigenvalue weighted by atomic mass is 10.2. The number of fused-ring (bicyclic) bond motifs is 1. The van der Waals surface area contributed by atoms with Crippen LogP contribution < -0.4 is 25.0 Å². The molecule has 2 N–H and O–H groups in total. The van der Waals surface area contributed by atoms with Crippen LogP contribution in [-0.2, 0) is 4.79 Å². The van der Waals surface area contributed by atoms with E-state index in [9.17, 15) is 9.59 Å². The molecule has 0 unspecified atom stereocenters.